The molecule has 0 spiro atoms. The molecule has 0 saturated heterocycles. The average molecular weight is 245 g/mol. The summed E-state index contributed by atoms with van der Waals surface area (Å²) in [7, 11) is 0. The predicted molar refractivity (Wildman–Crippen MR) is 69.2 cm³/mol. The van der Waals surface area contributed by atoms with Crippen molar-refractivity contribution in [1.29, 1.82) is 0 Å². The molecule has 2 rings (SSSR count). The molecular weight excluding hydrogens is 230 g/mol. The Hall–Kier alpha value is -2.17. The number of nitrogens with one attached hydrogen (secondary N) is 2. The number of anilines is 1. The van der Waals surface area contributed by atoms with Crippen LogP contribution in [0.3, 0.4) is 0 Å². The largest absolute Gasteiger partial charge is 0.324 e. The van der Waals surface area contributed by atoms with Crippen LogP contribution in [0.2, 0.25) is 0 Å². The molecule has 0 aliphatic carbocycles. The van der Waals surface area contributed by atoms with Crippen molar-refractivity contribution >= 4 is 28.7 Å². The fourth-order valence-electron chi connectivity index (χ4n) is 1.78. The molecular formula is C13H15N3O2. The predicted octanol–water partition coefficient (Wildman–Crippen LogP) is 2.12. The highest BCUT2D eigenvalue weighted by atomic mass is 16.2. The van der Waals surface area contributed by atoms with E-state index < -0.39 is 0 Å². The third kappa shape index (κ3) is 2.74. The van der Waals surface area contributed by atoms with E-state index in [9.17, 15) is 9.59 Å². The van der Waals surface area contributed by atoms with Gasteiger partial charge in [-0.3, -0.25) is 10.1 Å². The van der Waals surface area contributed by atoms with E-state index in [-0.39, 0.29) is 24.0 Å². The normalized spacial score (nSPS) is 12.3. The van der Waals surface area contributed by atoms with E-state index in [2.05, 4.69) is 15.3 Å². The van der Waals surface area contributed by atoms with Crippen molar-refractivity contribution in [2.75, 3.05) is 5.32 Å². The Balaban J connectivity index is 2.09. The zero-order valence-electron chi connectivity index (χ0n) is 10.4. The van der Waals surface area contributed by atoms with Gasteiger partial charge >= 0.3 is 0 Å². The van der Waals surface area contributed by atoms with Crippen LogP contribution in [0.1, 0.15) is 20.3 Å². The van der Waals surface area contributed by atoms with Gasteiger partial charge in [-0.05, 0) is 19.1 Å². The molecule has 1 amide bonds. The van der Waals surface area contributed by atoms with Gasteiger partial charge in [0.1, 0.15) is 5.78 Å². The van der Waals surface area contributed by atoms with Crippen molar-refractivity contribution in [3.8, 4) is 0 Å². The van der Waals surface area contributed by atoms with Crippen molar-refractivity contribution < 1.29 is 9.59 Å². The summed E-state index contributed by atoms with van der Waals surface area (Å²) in [4.78, 5) is 30.0. The van der Waals surface area contributed by atoms with Crippen LogP contribution < -0.4 is 5.32 Å². The van der Waals surface area contributed by atoms with Gasteiger partial charge in [0.15, 0.2) is 0 Å². The van der Waals surface area contributed by atoms with Gasteiger partial charge in [-0.15, -0.1) is 0 Å². The highest BCUT2D eigenvalue weighted by Crippen LogP contribution is 2.14. The number of aromatic nitrogens is 2. The number of para-hydroxylation sites is 2. The number of rotatable bonds is 4. The molecule has 5 nitrogen and oxygen atoms in total. The number of Topliss-reactive ketones (excluding diaryl/α,β-unsaturated/α-hetero) is 1. The fraction of sp³-hybridized carbons (Fsp3) is 0.308. The van der Waals surface area contributed by atoms with Crippen molar-refractivity contribution in [3.63, 3.8) is 0 Å². The first kappa shape index (κ1) is 12.3. The lowest BCUT2D eigenvalue weighted by Gasteiger charge is -2.07. The van der Waals surface area contributed by atoms with Crippen LogP contribution in [0.4, 0.5) is 5.95 Å². The number of H-pyrrole nitrogens is 1. The van der Waals surface area contributed by atoms with Gasteiger partial charge in [-0.2, -0.15) is 0 Å². The molecule has 2 aromatic rings. The Labute approximate surface area is 105 Å². The lowest BCUT2D eigenvalue weighted by molar-refractivity contribution is -0.124. The maximum atomic E-state index is 11.8. The third-order valence-electron chi connectivity index (χ3n) is 2.67. The lowest BCUT2D eigenvalue weighted by atomic mass is 10.1. The van der Waals surface area contributed by atoms with Gasteiger partial charge in [-0.1, -0.05) is 19.1 Å². The van der Waals surface area contributed by atoms with Crippen LogP contribution in [0.5, 0.6) is 0 Å². The molecule has 0 aliphatic rings. The van der Waals surface area contributed by atoms with Crippen LogP contribution in [-0.4, -0.2) is 21.7 Å². The minimum atomic E-state index is -0.351. The summed E-state index contributed by atoms with van der Waals surface area (Å²) in [6, 6.07) is 7.52. The number of imidazole rings is 1. The summed E-state index contributed by atoms with van der Waals surface area (Å²) in [5.74, 6) is -0.140. The van der Waals surface area contributed by atoms with Crippen LogP contribution in [0, 0.1) is 5.92 Å². The number of carbonyl (C=O) groups is 2. The monoisotopic (exact) mass is 245 g/mol. The highest BCUT2D eigenvalue weighted by Gasteiger charge is 2.16. The van der Waals surface area contributed by atoms with E-state index in [1.165, 1.54) is 6.92 Å². The van der Waals surface area contributed by atoms with E-state index in [1.54, 1.807) is 6.92 Å². The van der Waals surface area contributed by atoms with Gasteiger partial charge in [0.05, 0.1) is 11.0 Å². The Kier molecular flexibility index (Phi) is 3.41. The Morgan fingerprint density at radius 2 is 2.11 bits per heavy atom. The summed E-state index contributed by atoms with van der Waals surface area (Å²) in [6.45, 7) is 3.20. The maximum absolute atomic E-state index is 11.8. The van der Waals surface area contributed by atoms with Crippen molar-refractivity contribution in [3.05, 3.63) is 24.3 Å². The molecule has 2 N–H and O–H groups in total. The number of fused-ring (bicyclic) bond motifs is 1. The van der Waals surface area contributed by atoms with Gasteiger partial charge in [-0.25, -0.2) is 4.98 Å². The van der Waals surface area contributed by atoms with E-state index in [4.69, 9.17) is 0 Å². The maximum Gasteiger partial charge on any atom is 0.229 e. The molecule has 94 valence electrons. The highest BCUT2D eigenvalue weighted by molar-refractivity contribution is 5.94. The molecule has 0 saturated carbocycles. The molecule has 1 atom stereocenters. The molecule has 1 heterocycles. The Morgan fingerprint density at radius 3 is 2.78 bits per heavy atom. The standard InChI is InChI=1S/C13H15N3O2/c1-8(7-9(2)17)12(18)16-13-14-10-5-3-4-6-11(10)15-13/h3-6,8H,7H2,1-2H3,(H2,14,15,16,18). The molecule has 5 heteroatoms. The van der Waals surface area contributed by atoms with Crippen LogP contribution >= 0.6 is 0 Å². The first-order chi connectivity index (χ1) is 8.56. The number of nitrogens with zero attached hydrogens (tertiary/aromatic N) is 1. The Bertz CT molecular complexity index is 556. The number of amides is 1. The number of hydrogen-bond acceptors (Lipinski definition) is 3. The molecule has 18 heavy (non-hydrogen) atoms. The molecule has 1 unspecified atom stereocenters. The zero-order chi connectivity index (χ0) is 13.1. The minimum absolute atomic E-state index is 0.00209. The molecule has 0 fully saturated rings. The molecule has 1 aromatic heterocycles. The van der Waals surface area contributed by atoms with Crippen molar-refractivity contribution in [1.82, 2.24) is 9.97 Å². The second-order valence-electron chi connectivity index (χ2n) is 4.40. The minimum Gasteiger partial charge on any atom is -0.324 e. The fourth-order valence-corrected chi connectivity index (χ4v) is 1.78. The smallest absolute Gasteiger partial charge is 0.229 e. The number of ketones is 1. The second-order valence-corrected chi connectivity index (χ2v) is 4.40. The van der Waals surface area contributed by atoms with Crippen molar-refractivity contribution in [2.24, 2.45) is 5.92 Å². The first-order valence-corrected chi connectivity index (χ1v) is 5.81. The van der Waals surface area contributed by atoms with E-state index in [0.29, 0.717) is 5.95 Å². The lowest BCUT2D eigenvalue weighted by Crippen LogP contribution is -2.22. The zero-order valence-corrected chi connectivity index (χ0v) is 10.4. The molecule has 1 aromatic carbocycles. The number of benzene rings is 1. The van der Waals surface area contributed by atoms with E-state index >= 15 is 0 Å². The summed E-state index contributed by atoms with van der Waals surface area (Å²) in [6.07, 6.45) is 0.242. The van der Waals surface area contributed by atoms with Gasteiger partial charge in [0.2, 0.25) is 11.9 Å². The van der Waals surface area contributed by atoms with Gasteiger partial charge in [0, 0.05) is 12.3 Å². The summed E-state index contributed by atoms with van der Waals surface area (Å²) < 4.78 is 0. The summed E-state index contributed by atoms with van der Waals surface area (Å²) >= 11 is 0. The topological polar surface area (TPSA) is 74.8 Å². The third-order valence-corrected chi connectivity index (χ3v) is 2.67. The van der Waals surface area contributed by atoms with E-state index in [1.807, 2.05) is 24.3 Å². The quantitative estimate of drug-likeness (QED) is 0.866. The summed E-state index contributed by atoms with van der Waals surface area (Å²) in [5, 5.41) is 2.68. The van der Waals surface area contributed by atoms with Crippen LogP contribution in [-0.2, 0) is 9.59 Å². The van der Waals surface area contributed by atoms with Crippen LogP contribution in [0.25, 0.3) is 11.0 Å². The summed E-state index contributed by atoms with van der Waals surface area (Å²) in [5.41, 5.74) is 1.67. The molecule has 0 radical (unpaired) electrons. The molecule has 0 bridgehead atoms. The first-order valence-electron chi connectivity index (χ1n) is 5.81. The molecule has 0 aliphatic heterocycles. The average Bonchev–Trinajstić information content (AvgIpc) is 2.69. The van der Waals surface area contributed by atoms with Crippen LogP contribution in [0.15, 0.2) is 24.3 Å². The SMILES string of the molecule is CC(=O)CC(C)C(=O)Nc1nc2ccccc2[nH]1. The van der Waals surface area contributed by atoms with Gasteiger partial charge < -0.3 is 9.78 Å². The van der Waals surface area contributed by atoms with Crippen molar-refractivity contribution in [2.45, 2.75) is 20.3 Å². The number of aromatic amines is 1. The second kappa shape index (κ2) is 5.00. The number of hydrogen-bond donors (Lipinski definition) is 2. The van der Waals surface area contributed by atoms with E-state index in [0.717, 1.165) is 11.0 Å². The number of carbonyl (C=O) groups excluding carboxylic acids is 2. The Morgan fingerprint density at radius 1 is 1.39 bits per heavy atom. The van der Waals surface area contributed by atoms with Gasteiger partial charge in [0.25, 0.3) is 0 Å².